The topological polar surface area (TPSA) is 83.6 Å². The highest BCUT2D eigenvalue weighted by Gasteiger charge is 2.33. The van der Waals surface area contributed by atoms with Gasteiger partial charge in [0.2, 0.25) is 5.91 Å². The molecular weight excluding hydrogens is 498 g/mol. The minimum atomic E-state index is -0.307. The summed E-state index contributed by atoms with van der Waals surface area (Å²) in [5, 5.41) is 15.2. The second-order valence-corrected chi connectivity index (χ2v) is 11.7. The zero-order valence-corrected chi connectivity index (χ0v) is 24.0. The van der Waals surface area contributed by atoms with Crippen molar-refractivity contribution in [1.82, 2.24) is 14.8 Å². The van der Waals surface area contributed by atoms with Gasteiger partial charge < -0.3 is 10.0 Å². The van der Waals surface area contributed by atoms with Crippen LogP contribution < -0.4 is 4.90 Å². The van der Waals surface area contributed by atoms with Crippen LogP contribution in [0.25, 0.3) is 0 Å². The number of phenols is 1. The summed E-state index contributed by atoms with van der Waals surface area (Å²) in [6.45, 7) is 7.61. The summed E-state index contributed by atoms with van der Waals surface area (Å²) in [6, 6.07) is 9.56. The maximum absolute atomic E-state index is 14.3. The van der Waals surface area contributed by atoms with Crippen molar-refractivity contribution < 1.29 is 9.90 Å². The third-order valence-corrected chi connectivity index (χ3v) is 8.32. The van der Waals surface area contributed by atoms with Crippen LogP contribution in [0.5, 0.6) is 5.75 Å². The van der Waals surface area contributed by atoms with Crippen LogP contribution in [0.1, 0.15) is 93.5 Å². The summed E-state index contributed by atoms with van der Waals surface area (Å²) < 4.78 is 2.01. The SMILES string of the molecule is CCCCC1(Cn2cc(CN(C(=O)C3CCCc4c(O)cccc43)c3ccc(C(C)C)nc3)cn2)C=NC=CC1. The number of carbonyl (C=O) groups is 1. The molecule has 1 aliphatic heterocycles. The fraction of sp³-hybridized carbons (Fsp3) is 0.455. The van der Waals surface area contributed by atoms with Crippen molar-refractivity contribution in [2.45, 2.75) is 90.6 Å². The van der Waals surface area contributed by atoms with E-state index in [0.29, 0.717) is 12.5 Å². The Morgan fingerprint density at radius 2 is 2.10 bits per heavy atom. The quantitative estimate of drug-likeness (QED) is 0.303. The van der Waals surface area contributed by atoms with Crippen molar-refractivity contribution in [3.63, 3.8) is 0 Å². The molecule has 0 radical (unpaired) electrons. The average Bonchev–Trinajstić information content (AvgIpc) is 3.41. The molecule has 210 valence electrons. The molecule has 0 spiro atoms. The molecule has 2 atom stereocenters. The monoisotopic (exact) mass is 539 g/mol. The average molecular weight is 540 g/mol. The van der Waals surface area contributed by atoms with Gasteiger partial charge in [-0.15, -0.1) is 0 Å². The standard InChI is InChI=1S/C33H41N5O2/c1-4-5-15-33(16-8-17-34-22-33)23-37-20-25(18-36-37)21-38(26-13-14-30(24(2)3)35-19-26)32(40)29-11-6-10-28-27(29)9-7-12-31(28)39/h7-9,12-14,17-20,22,24,29,39H,4-6,10-11,15-16,21,23H2,1-3H3. The second-order valence-electron chi connectivity index (χ2n) is 11.7. The molecular formula is C33H41N5O2. The van der Waals surface area contributed by atoms with Gasteiger partial charge in [-0.25, -0.2) is 0 Å². The fourth-order valence-electron chi connectivity index (χ4n) is 6.03. The van der Waals surface area contributed by atoms with Crippen LogP contribution in [0.4, 0.5) is 5.69 Å². The summed E-state index contributed by atoms with van der Waals surface area (Å²) in [7, 11) is 0. The Morgan fingerprint density at radius 1 is 1.23 bits per heavy atom. The molecule has 7 heteroatoms. The van der Waals surface area contributed by atoms with Gasteiger partial charge in [0.05, 0.1) is 37.1 Å². The first-order chi connectivity index (χ1) is 19.4. The lowest BCUT2D eigenvalue weighted by molar-refractivity contribution is -0.120. The van der Waals surface area contributed by atoms with Gasteiger partial charge >= 0.3 is 0 Å². The van der Waals surface area contributed by atoms with E-state index < -0.39 is 0 Å². The zero-order valence-electron chi connectivity index (χ0n) is 24.0. The molecule has 0 saturated heterocycles. The highest BCUT2D eigenvalue weighted by Crippen LogP contribution is 2.38. The lowest BCUT2D eigenvalue weighted by atomic mass is 9.80. The van der Waals surface area contributed by atoms with E-state index in [1.54, 1.807) is 6.07 Å². The number of nitrogens with zero attached hydrogens (tertiary/aromatic N) is 5. The number of unbranched alkanes of at least 4 members (excludes halogenated alkanes) is 1. The smallest absolute Gasteiger partial charge is 0.234 e. The predicted molar refractivity (Wildman–Crippen MR) is 160 cm³/mol. The van der Waals surface area contributed by atoms with Crippen molar-refractivity contribution in [2.24, 2.45) is 10.4 Å². The number of amides is 1. The van der Waals surface area contributed by atoms with Crippen molar-refractivity contribution in [2.75, 3.05) is 4.90 Å². The molecule has 1 amide bonds. The summed E-state index contributed by atoms with van der Waals surface area (Å²) in [5.41, 5.74) is 4.55. The van der Waals surface area contributed by atoms with E-state index >= 15 is 0 Å². The van der Waals surface area contributed by atoms with Gasteiger partial charge in [0, 0.05) is 35.3 Å². The summed E-state index contributed by atoms with van der Waals surface area (Å²) in [6.07, 6.45) is 18.6. The zero-order chi connectivity index (χ0) is 28.1. The van der Waals surface area contributed by atoms with Gasteiger partial charge in [0.15, 0.2) is 0 Å². The van der Waals surface area contributed by atoms with E-state index in [9.17, 15) is 9.90 Å². The summed E-state index contributed by atoms with van der Waals surface area (Å²) >= 11 is 0. The molecule has 1 aliphatic carbocycles. The number of aliphatic imine (C=N–C) groups is 1. The number of anilines is 1. The number of rotatable bonds is 10. The predicted octanol–water partition coefficient (Wildman–Crippen LogP) is 6.93. The number of benzene rings is 1. The first kappa shape index (κ1) is 27.8. The van der Waals surface area contributed by atoms with Crippen LogP contribution in [0.15, 0.2) is 66.2 Å². The first-order valence-corrected chi connectivity index (χ1v) is 14.7. The Morgan fingerprint density at radius 3 is 2.83 bits per heavy atom. The lowest BCUT2D eigenvalue weighted by Crippen LogP contribution is -2.36. The van der Waals surface area contributed by atoms with E-state index in [1.165, 1.54) is 0 Å². The van der Waals surface area contributed by atoms with Crippen LogP contribution in [0, 0.1) is 5.41 Å². The molecule has 40 heavy (non-hydrogen) atoms. The van der Waals surface area contributed by atoms with Gasteiger partial charge in [-0.2, -0.15) is 5.10 Å². The molecule has 7 nitrogen and oxygen atoms in total. The number of fused-ring (bicyclic) bond motifs is 1. The first-order valence-electron chi connectivity index (χ1n) is 14.7. The van der Waals surface area contributed by atoms with E-state index in [1.807, 2.05) is 52.4 Å². The highest BCUT2D eigenvalue weighted by atomic mass is 16.3. The minimum Gasteiger partial charge on any atom is -0.508 e. The molecule has 2 aromatic heterocycles. The molecule has 0 bridgehead atoms. The van der Waals surface area contributed by atoms with Gasteiger partial charge in [0.1, 0.15) is 5.75 Å². The largest absolute Gasteiger partial charge is 0.508 e. The Hall–Kier alpha value is -3.74. The number of hydrogen-bond donors (Lipinski definition) is 1. The summed E-state index contributed by atoms with van der Waals surface area (Å²) in [5.74, 6) is 0.312. The van der Waals surface area contributed by atoms with Gasteiger partial charge in [-0.1, -0.05) is 51.8 Å². The maximum atomic E-state index is 14.3. The van der Waals surface area contributed by atoms with Crippen molar-refractivity contribution >= 4 is 17.8 Å². The molecule has 1 N–H and O–H groups in total. The number of phenolic OH excluding ortho intramolecular Hbond substituents is 1. The van der Waals surface area contributed by atoms with Gasteiger partial charge in [-0.05, 0) is 67.3 Å². The van der Waals surface area contributed by atoms with Gasteiger partial charge in [0.25, 0.3) is 0 Å². The number of aromatic nitrogens is 3. The van der Waals surface area contributed by atoms with E-state index in [-0.39, 0.29) is 23.0 Å². The third kappa shape index (κ3) is 6.03. The molecule has 1 aromatic carbocycles. The summed E-state index contributed by atoms with van der Waals surface area (Å²) in [4.78, 5) is 25.2. The van der Waals surface area contributed by atoms with Crippen LogP contribution in [-0.4, -0.2) is 32.0 Å². The molecule has 3 aromatic rings. The Balaban J connectivity index is 1.42. The van der Waals surface area contributed by atoms with Crippen molar-refractivity contribution in [3.05, 3.63) is 83.6 Å². The molecule has 0 fully saturated rings. The molecule has 2 aliphatic rings. The van der Waals surface area contributed by atoms with E-state index in [2.05, 4.69) is 49.2 Å². The molecule has 3 heterocycles. The second kappa shape index (κ2) is 12.2. The minimum absolute atomic E-state index is 0.0300. The van der Waals surface area contributed by atoms with Crippen LogP contribution >= 0.6 is 0 Å². The Labute approximate surface area is 237 Å². The van der Waals surface area contributed by atoms with E-state index in [0.717, 1.165) is 79.6 Å². The number of aromatic hydroxyl groups is 1. The lowest BCUT2D eigenvalue weighted by Gasteiger charge is -2.31. The normalized spacial score (nSPS) is 20.1. The maximum Gasteiger partial charge on any atom is 0.234 e. The number of hydrogen-bond acceptors (Lipinski definition) is 5. The number of carbonyl (C=O) groups excluding carboxylic acids is 1. The molecule has 0 saturated carbocycles. The van der Waals surface area contributed by atoms with Crippen LogP contribution in [0.3, 0.4) is 0 Å². The Kier molecular flexibility index (Phi) is 8.48. The highest BCUT2D eigenvalue weighted by molar-refractivity contribution is 5.98. The Bertz CT molecular complexity index is 1370. The molecule has 5 rings (SSSR count). The van der Waals surface area contributed by atoms with Crippen LogP contribution in [0.2, 0.25) is 0 Å². The third-order valence-electron chi connectivity index (χ3n) is 8.32. The van der Waals surface area contributed by atoms with E-state index in [4.69, 9.17) is 5.10 Å². The number of pyridine rings is 1. The van der Waals surface area contributed by atoms with Crippen LogP contribution in [-0.2, 0) is 24.3 Å². The van der Waals surface area contributed by atoms with Crippen molar-refractivity contribution in [1.29, 1.82) is 0 Å². The van der Waals surface area contributed by atoms with Crippen molar-refractivity contribution in [3.8, 4) is 5.75 Å². The number of allylic oxidation sites excluding steroid dienone is 1. The van der Waals surface area contributed by atoms with Gasteiger partial charge in [-0.3, -0.25) is 19.5 Å². The fourth-order valence-corrected chi connectivity index (χ4v) is 6.03. The molecule has 2 unspecified atom stereocenters.